The van der Waals surface area contributed by atoms with Crippen LogP contribution in [0.1, 0.15) is 39.9 Å². The number of amides is 1. The van der Waals surface area contributed by atoms with Crippen LogP contribution >= 0.6 is 15.9 Å². The van der Waals surface area contributed by atoms with Gasteiger partial charge in [0, 0.05) is 6.54 Å². The largest absolute Gasteiger partial charge is 0.464 e. The topological polar surface area (TPSA) is 68.3 Å². The first-order valence-corrected chi connectivity index (χ1v) is 6.34. The zero-order valence-electron chi connectivity index (χ0n) is 10.5. The fourth-order valence-electron chi connectivity index (χ4n) is 1.37. The molecule has 0 atom stereocenters. The Labute approximate surface area is 114 Å². The van der Waals surface area contributed by atoms with Crippen LogP contribution in [0, 0.1) is 6.92 Å². The second-order valence-electron chi connectivity index (χ2n) is 3.73. The van der Waals surface area contributed by atoms with Gasteiger partial charge >= 0.3 is 5.97 Å². The Kier molecular flexibility index (Phi) is 5.27. The van der Waals surface area contributed by atoms with Crippen LogP contribution in [0.2, 0.25) is 0 Å². The molecule has 0 aliphatic carbocycles. The van der Waals surface area contributed by atoms with Crippen LogP contribution in [0.5, 0.6) is 0 Å². The Morgan fingerprint density at radius 3 is 2.67 bits per heavy atom. The Morgan fingerprint density at radius 2 is 2.11 bits per heavy atom. The molecule has 0 aromatic carbocycles. The molecule has 5 nitrogen and oxygen atoms in total. The van der Waals surface area contributed by atoms with Gasteiger partial charge in [-0.25, -0.2) is 9.78 Å². The number of methoxy groups -OCH3 is 1. The third kappa shape index (κ3) is 3.29. The number of carbonyl (C=O) groups excluding carboxylic acids is 2. The lowest BCUT2D eigenvalue weighted by molar-refractivity contribution is 0.0592. The van der Waals surface area contributed by atoms with E-state index in [9.17, 15) is 9.59 Å². The smallest absolute Gasteiger partial charge is 0.357 e. The number of nitrogens with zero attached hydrogens (tertiary/aromatic N) is 1. The van der Waals surface area contributed by atoms with Crippen molar-refractivity contribution in [2.45, 2.75) is 20.3 Å². The van der Waals surface area contributed by atoms with Crippen LogP contribution in [0.25, 0.3) is 0 Å². The van der Waals surface area contributed by atoms with Crippen LogP contribution in [-0.2, 0) is 4.74 Å². The van der Waals surface area contributed by atoms with Gasteiger partial charge in [0.1, 0.15) is 5.69 Å². The molecule has 1 N–H and O–H groups in total. The van der Waals surface area contributed by atoms with Crippen molar-refractivity contribution in [1.29, 1.82) is 0 Å². The highest BCUT2D eigenvalue weighted by atomic mass is 79.9. The first kappa shape index (κ1) is 14.6. The lowest BCUT2D eigenvalue weighted by Gasteiger charge is -2.09. The predicted octanol–water partition coefficient (Wildman–Crippen LogP) is 2.08. The van der Waals surface area contributed by atoms with Crippen LogP contribution in [0.3, 0.4) is 0 Å². The van der Waals surface area contributed by atoms with Gasteiger partial charge in [-0.3, -0.25) is 4.79 Å². The van der Waals surface area contributed by atoms with Gasteiger partial charge in [-0.05, 0) is 40.9 Å². The maximum atomic E-state index is 11.9. The molecule has 1 aromatic heterocycles. The van der Waals surface area contributed by atoms with Crippen LogP contribution in [0.15, 0.2) is 10.5 Å². The third-order valence-electron chi connectivity index (χ3n) is 2.30. The van der Waals surface area contributed by atoms with Crippen molar-refractivity contribution >= 4 is 27.8 Å². The first-order chi connectivity index (χ1) is 8.51. The van der Waals surface area contributed by atoms with Crippen LogP contribution in [-0.4, -0.2) is 30.5 Å². The highest BCUT2D eigenvalue weighted by Crippen LogP contribution is 2.19. The number of rotatable bonds is 4. The molecule has 0 fully saturated rings. The standard InChI is InChI=1S/C12H15BrN2O3/c1-4-5-14-11(16)9-7(2)6-8(13)10(15-9)12(17)18-3/h6H,4-5H2,1-3H3,(H,14,16). The quantitative estimate of drug-likeness (QED) is 0.864. The van der Waals surface area contributed by atoms with E-state index in [4.69, 9.17) is 0 Å². The molecule has 0 aliphatic rings. The molecule has 1 rings (SSSR count). The summed E-state index contributed by atoms with van der Waals surface area (Å²) in [5, 5.41) is 2.72. The summed E-state index contributed by atoms with van der Waals surface area (Å²) >= 11 is 3.23. The number of hydrogen-bond donors (Lipinski definition) is 1. The van der Waals surface area contributed by atoms with E-state index in [0.717, 1.165) is 6.42 Å². The molecule has 18 heavy (non-hydrogen) atoms. The van der Waals surface area contributed by atoms with Gasteiger partial charge in [-0.15, -0.1) is 0 Å². The number of halogens is 1. The van der Waals surface area contributed by atoms with Crippen molar-refractivity contribution in [2.24, 2.45) is 0 Å². The van der Waals surface area contributed by atoms with Gasteiger partial charge in [-0.1, -0.05) is 6.92 Å². The normalized spacial score (nSPS) is 10.0. The van der Waals surface area contributed by atoms with Crippen molar-refractivity contribution in [1.82, 2.24) is 10.3 Å². The number of esters is 1. The van der Waals surface area contributed by atoms with Gasteiger partial charge in [0.25, 0.3) is 5.91 Å². The highest BCUT2D eigenvalue weighted by molar-refractivity contribution is 9.10. The van der Waals surface area contributed by atoms with Crippen molar-refractivity contribution in [2.75, 3.05) is 13.7 Å². The molecule has 1 heterocycles. The zero-order chi connectivity index (χ0) is 13.7. The van der Waals surface area contributed by atoms with Gasteiger partial charge in [-0.2, -0.15) is 0 Å². The summed E-state index contributed by atoms with van der Waals surface area (Å²) in [4.78, 5) is 27.4. The molecule has 98 valence electrons. The molecule has 0 saturated carbocycles. The Balaban J connectivity index is 3.12. The van der Waals surface area contributed by atoms with Crippen molar-refractivity contribution in [3.8, 4) is 0 Å². The van der Waals surface area contributed by atoms with Gasteiger partial charge < -0.3 is 10.1 Å². The second-order valence-corrected chi connectivity index (χ2v) is 4.59. The summed E-state index contributed by atoms with van der Waals surface area (Å²) in [6.45, 7) is 4.30. The number of pyridine rings is 1. The summed E-state index contributed by atoms with van der Waals surface area (Å²) in [5.41, 5.74) is 1.04. The number of hydrogen-bond acceptors (Lipinski definition) is 4. The fraction of sp³-hybridized carbons (Fsp3) is 0.417. The molecular weight excluding hydrogens is 300 g/mol. The average Bonchev–Trinajstić information content (AvgIpc) is 2.35. The predicted molar refractivity (Wildman–Crippen MR) is 70.6 cm³/mol. The fourth-order valence-corrected chi connectivity index (χ4v) is 1.97. The van der Waals surface area contributed by atoms with E-state index in [-0.39, 0.29) is 17.3 Å². The van der Waals surface area contributed by atoms with Gasteiger partial charge in [0.2, 0.25) is 0 Å². The maximum Gasteiger partial charge on any atom is 0.357 e. The molecule has 0 radical (unpaired) electrons. The Bertz CT molecular complexity index is 475. The van der Waals surface area contributed by atoms with Gasteiger partial charge in [0.15, 0.2) is 5.69 Å². The zero-order valence-corrected chi connectivity index (χ0v) is 12.1. The van der Waals surface area contributed by atoms with E-state index >= 15 is 0 Å². The van der Waals surface area contributed by atoms with Crippen molar-refractivity contribution in [3.63, 3.8) is 0 Å². The molecule has 1 aromatic rings. The summed E-state index contributed by atoms with van der Waals surface area (Å²) in [7, 11) is 1.27. The number of nitrogens with one attached hydrogen (secondary N) is 1. The average molecular weight is 315 g/mol. The number of carbonyl (C=O) groups is 2. The van der Waals surface area contributed by atoms with Crippen LogP contribution in [0.4, 0.5) is 0 Å². The molecule has 6 heteroatoms. The summed E-state index contributed by atoms with van der Waals surface area (Å²) in [6.07, 6.45) is 0.838. The lowest BCUT2D eigenvalue weighted by atomic mass is 10.2. The van der Waals surface area contributed by atoms with Crippen LogP contribution < -0.4 is 5.32 Å². The number of ether oxygens (including phenoxy) is 1. The molecule has 0 unspecified atom stereocenters. The molecule has 0 aliphatic heterocycles. The Morgan fingerprint density at radius 1 is 1.44 bits per heavy atom. The summed E-state index contributed by atoms with van der Waals surface area (Å²) in [6, 6.07) is 1.68. The molecule has 0 bridgehead atoms. The lowest BCUT2D eigenvalue weighted by Crippen LogP contribution is -2.26. The first-order valence-electron chi connectivity index (χ1n) is 5.54. The summed E-state index contributed by atoms with van der Waals surface area (Å²) < 4.78 is 5.12. The van der Waals surface area contributed by atoms with E-state index in [2.05, 4.69) is 31.0 Å². The van der Waals surface area contributed by atoms with Crippen molar-refractivity contribution in [3.05, 3.63) is 27.5 Å². The van der Waals surface area contributed by atoms with E-state index in [1.807, 2.05) is 6.92 Å². The molecular formula is C12H15BrN2O3. The molecule has 0 saturated heterocycles. The minimum absolute atomic E-state index is 0.102. The molecule has 0 spiro atoms. The molecule has 1 amide bonds. The van der Waals surface area contributed by atoms with Gasteiger partial charge in [0.05, 0.1) is 11.6 Å². The third-order valence-corrected chi connectivity index (χ3v) is 2.90. The Hall–Kier alpha value is -1.43. The van der Waals surface area contributed by atoms with E-state index in [0.29, 0.717) is 16.6 Å². The minimum Gasteiger partial charge on any atom is -0.464 e. The number of aromatic nitrogens is 1. The minimum atomic E-state index is -0.577. The van der Waals surface area contributed by atoms with E-state index < -0.39 is 5.97 Å². The summed E-state index contributed by atoms with van der Waals surface area (Å²) in [5.74, 6) is -0.863. The van der Waals surface area contributed by atoms with E-state index in [1.165, 1.54) is 7.11 Å². The SMILES string of the molecule is CCCNC(=O)c1nc(C(=O)OC)c(Br)cc1C. The second kappa shape index (κ2) is 6.49. The van der Waals surface area contributed by atoms with E-state index in [1.54, 1.807) is 13.0 Å². The maximum absolute atomic E-state index is 11.9. The highest BCUT2D eigenvalue weighted by Gasteiger charge is 2.18. The monoisotopic (exact) mass is 314 g/mol. The number of aryl methyl sites for hydroxylation is 1. The van der Waals surface area contributed by atoms with Crippen molar-refractivity contribution < 1.29 is 14.3 Å².